The second kappa shape index (κ2) is 9.56. The molecule has 0 aliphatic carbocycles. The summed E-state index contributed by atoms with van der Waals surface area (Å²) in [6.07, 6.45) is 2.59. The van der Waals surface area contributed by atoms with Crippen molar-refractivity contribution in [2.75, 3.05) is 6.54 Å². The van der Waals surface area contributed by atoms with Crippen molar-refractivity contribution in [2.45, 2.75) is 32.2 Å². The molecule has 4 nitrogen and oxygen atoms in total. The molecule has 6 heteroatoms. The van der Waals surface area contributed by atoms with Gasteiger partial charge in [-0.05, 0) is 31.9 Å². The summed E-state index contributed by atoms with van der Waals surface area (Å²) in [6, 6.07) is 10.4. The van der Waals surface area contributed by atoms with Gasteiger partial charge < -0.3 is 11.1 Å². The van der Waals surface area contributed by atoms with Gasteiger partial charge in [0, 0.05) is 17.8 Å². The SMILES string of the molecule is CC(CCc1ccccc1)NC(=O)c1csc(CCN)n1.Cl. The van der Waals surface area contributed by atoms with E-state index in [4.69, 9.17) is 5.73 Å². The molecule has 2 aromatic rings. The van der Waals surface area contributed by atoms with E-state index >= 15 is 0 Å². The number of hydrogen-bond donors (Lipinski definition) is 2. The zero-order valence-corrected chi connectivity index (χ0v) is 14.3. The molecule has 0 saturated heterocycles. The summed E-state index contributed by atoms with van der Waals surface area (Å²) < 4.78 is 0. The van der Waals surface area contributed by atoms with Crippen LogP contribution < -0.4 is 11.1 Å². The summed E-state index contributed by atoms with van der Waals surface area (Å²) in [7, 11) is 0. The monoisotopic (exact) mass is 339 g/mol. The van der Waals surface area contributed by atoms with E-state index < -0.39 is 0 Å². The Morgan fingerprint density at radius 3 is 2.73 bits per heavy atom. The largest absolute Gasteiger partial charge is 0.348 e. The minimum absolute atomic E-state index is 0. The molecule has 1 aromatic carbocycles. The normalized spacial score (nSPS) is 11.5. The quantitative estimate of drug-likeness (QED) is 0.815. The minimum atomic E-state index is -0.102. The first-order valence-electron chi connectivity index (χ1n) is 7.18. The van der Waals surface area contributed by atoms with Crippen molar-refractivity contribution >= 4 is 29.7 Å². The molecule has 0 radical (unpaired) electrons. The van der Waals surface area contributed by atoms with E-state index in [2.05, 4.69) is 22.4 Å². The van der Waals surface area contributed by atoms with Crippen molar-refractivity contribution in [3.63, 3.8) is 0 Å². The third-order valence-corrected chi connectivity index (χ3v) is 4.14. The first-order chi connectivity index (χ1) is 10.2. The third kappa shape index (κ3) is 5.75. The number of aromatic nitrogens is 1. The van der Waals surface area contributed by atoms with Gasteiger partial charge in [-0.25, -0.2) is 4.98 Å². The van der Waals surface area contributed by atoms with Crippen LogP contribution in [0.15, 0.2) is 35.7 Å². The molecule has 1 aromatic heterocycles. The maximum absolute atomic E-state index is 12.1. The highest BCUT2D eigenvalue weighted by atomic mass is 35.5. The van der Waals surface area contributed by atoms with Crippen molar-refractivity contribution < 1.29 is 4.79 Å². The fourth-order valence-corrected chi connectivity index (χ4v) is 2.85. The summed E-state index contributed by atoms with van der Waals surface area (Å²) in [4.78, 5) is 16.4. The van der Waals surface area contributed by atoms with Gasteiger partial charge in [-0.3, -0.25) is 4.79 Å². The van der Waals surface area contributed by atoms with Gasteiger partial charge in [0.2, 0.25) is 0 Å². The third-order valence-electron chi connectivity index (χ3n) is 3.23. The maximum Gasteiger partial charge on any atom is 0.270 e. The average Bonchev–Trinajstić information content (AvgIpc) is 2.95. The molecule has 0 fully saturated rings. The lowest BCUT2D eigenvalue weighted by atomic mass is 10.1. The van der Waals surface area contributed by atoms with Crippen molar-refractivity contribution in [2.24, 2.45) is 5.73 Å². The molecule has 1 heterocycles. The van der Waals surface area contributed by atoms with Crippen LogP contribution in [0.2, 0.25) is 0 Å². The van der Waals surface area contributed by atoms with Gasteiger partial charge in [-0.15, -0.1) is 23.7 Å². The van der Waals surface area contributed by atoms with E-state index in [-0.39, 0.29) is 24.4 Å². The van der Waals surface area contributed by atoms with Gasteiger partial charge in [-0.1, -0.05) is 30.3 Å². The highest BCUT2D eigenvalue weighted by molar-refractivity contribution is 7.09. The lowest BCUT2D eigenvalue weighted by molar-refractivity contribution is 0.0934. The fourth-order valence-electron chi connectivity index (χ4n) is 2.05. The van der Waals surface area contributed by atoms with Crippen LogP contribution in [0.5, 0.6) is 0 Å². The van der Waals surface area contributed by atoms with Crippen LogP contribution in [-0.2, 0) is 12.8 Å². The molecule has 120 valence electrons. The Hall–Kier alpha value is -1.43. The molecule has 1 unspecified atom stereocenters. The van der Waals surface area contributed by atoms with Gasteiger partial charge in [-0.2, -0.15) is 0 Å². The van der Waals surface area contributed by atoms with Crippen LogP contribution in [0, 0.1) is 0 Å². The van der Waals surface area contributed by atoms with Crippen molar-refractivity contribution in [3.05, 3.63) is 52.0 Å². The standard InChI is InChI=1S/C16H21N3OS.ClH/c1-12(7-8-13-5-3-2-4-6-13)18-16(20)14-11-21-15(19-14)9-10-17;/h2-6,11-12H,7-10,17H2,1H3,(H,18,20);1H. The van der Waals surface area contributed by atoms with Gasteiger partial charge in [0.1, 0.15) is 5.69 Å². The zero-order chi connectivity index (χ0) is 15.1. The maximum atomic E-state index is 12.1. The topological polar surface area (TPSA) is 68.0 Å². The highest BCUT2D eigenvalue weighted by Gasteiger charge is 2.13. The second-order valence-corrected chi connectivity index (χ2v) is 6.01. The first-order valence-corrected chi connectivity index (χ1v) is 8.06. The molecule has 0 spiro atoms. The summed E-state index contributed by atoms with van der Waals surface area (Å²) in [5.74, 6) is -0.102. The van der Waals surface area contributed by atoms with Crippen LogP contribution >= 0.6 is 23.7 Å². The molecule has 2 rings (SSSR count). The number of carbonyl (C=O) groups is 1. The Bertz CT molecular complexity index is 574. The van der Waals surface area contributed by atoms with Crippen LogP contribution in [0.3, 0.4) is 0 Å². The molecule has 3 N–H and O–H groups in total. The van der Waals surface area contributed by atoms with E-state index in [1.165, 1.54) is 16.9 Å². The molecule has 22 heavy (non-hydrogen) atoms. The van der Waals surface area contributed by atoms with Gasteiger partial charge >= 0.3 is 0 Å². The lowest BCUT2D eigenvalue weighted by Gasteiger charge is -2.12. The number of rotatable bonds is 7. The predicted octanol–water partition coefficient (Wildman–Crippen LogP) is 2.82. The zero-order valence-electron chi connectivity index (χ0n) is 12.6. The Kier molecular flexibility index (Phi) is 8.09. The molecule has 0 bridgehead atoms. The summed E-state index contributed by atoms with van der Waals surface area (Å²) in [6.45, 7) is 2.58. The molecule has 1 amide bonds. The fraction of sp³-hybridized carbons (Fsp3) is 0.375. The number of aryl methyl sites for hydroxylation is 1. The minimum Gasteiger partial charge on any atom is -0.348 e. The van der Waals surface area contributed by atoms with Crippen molar-refractivity contribution in [3.8, 4) is 0 Å². The van der Waals surface area contributed by atoms with E-state index in [0.29, 0.717) is 12.2 Å². The number of thiazole rings is 1. The Morgan fingerprint density at radius 2 is 2.05 bits per heavy atom. The lowest BCUT2D eigenvalue weighted by Crippen LogP contribution is -2.33. The van der Waals surface area contributed by atoms with Crippen LogP contribution in [-0.4, -0.2) is 23.5 Å². The number of nitrogens with zero attached hydrogens (tertiary/aromatic N) is 1. The average molecular weight is 340 g/mol. The van der Waals surface area contributed by atoms with Gasteiger partial charge in [0.25, 0.3) is 5.91 Å². The number of benzene rings is 1. The molecule has 0 aliphatic rings. The van der Waals surface area contributed by atoms with E-state index in [9.17, 15) is 4.79 Å². The van der Waals surface area contributed by atoms with Crippen molar-refractivity contribution in [1.29, 1.82) is 0 Å². The summed E-state index contributed by atoms with van der Waals surface area (Å²) >= 11 is 1.49. The number of amides is 1. The van der Waals surface area contributed by atoms with Crippen LogP contribution in [0.1, 0.15) is 34.4 Å². The Balaban J connectivity index is 0.00000242. The molecular formula is C16H22ClN3OS. The number of nitrogens with two attached hydrogens (primary N) is 1. The summed E-state index contributed by atoms with van der Waals surface area (Å²) in [5, 5.41) is 5.71. The van der Waals surface area contributed by atoms with Crippen molar-refractivity contribution in [1.82, 2.24) is 10.3 Å². The number of nitrogens with one attached hydrogen (secondary N) is 1. The van der Waals surface area contributed by atoms with Crippen LogP contribution in [0.4, 0.5) is 0 Å². The number of hydrogen-bond acceptors (Lipinski definition) is 4. The smallest absolute Gasteiger partial charge is 0.270 e. The van der Waals surface area contributed by atoms with E-state index in [1.54, 1.807) is 5.38 Å². The summed E-state index contributed by atoms with van der Waals surface area (Å²) in [5.41, 5.74) is 7.27. The highest BCUT2D eigenvalue weighted by Crippen LogP contribution is 2.11. The first kappa shape index (κ1) is 18.6. The van der Waals surface area contributed by atoms with Gasteiger partial charge in [0.15, 0.2) is 0 Å². The van der Waals surface area contributed by atoms with E-state index in [1.807, 2.05) is 25.1 Å². The molecule has 0 saturated carbocycles. The van der Waals surface area contributed by atoms with E-state index in [0.717, 1.165) is 24.3 Å². The number of halogens is 1. The van der Waals surface area contributed by atoms with Gasteiger partial charge in [0.05, 0.1) is 5.01 Å². The number of carbonyl (C=O) groups excluding carboxylic acids is 1. The predicted molar refractivity (Wildman–Crippen MR) is 93.8 cm³/mol. The van der Waals surface area contributed by atoms with Crippen LogP contribution in [0.25, 0.3) is 0 Å². The molecule has 1 atom stereocenters. The Morgan fingerprint density at radius 1 is 1.32 bits per heavy atom. The Labute approximate surface area is 141 Å². The molecule has 0 aliphatic heterocycles. The molecular weight excluding hydrogens is 318 g/mol. The second-order valence-electron chi connectivity index (χ2n) is 5.06.